The van der Waals surface area contributed by atoms with Crippen LogP contribution in [0.1, 0.15) is 20.8 Å². The highest BCUT2D eigenvalue weighted by molar-refractivity contribution is 6.32. The minimum Gasteiger partial charge on any atom is -0.492 e. The minimum atomic E-state index is -0.884. The average Bonchev–Trinajstić information content (AvgIpc) is 2.32. The van der Waals surface area contributed by atoms with Crippen LogP contribution in [0.25, 0.3) is 0 Å². The topological polar surface area (TPSA) is 47.6 Å². The van der Waals surface area contributed by atoms with Crippen molar-refractivity contribution in [2.45, 2.75) is 26.4 Å². The fourth-order valence-electron chi connectivity index (χ4n) is 1.23. The average molecular weight is 272 g/mol. The molecule has 0 aliphatic carbocycles. The van der Waals surface area contributed by atoms with Gasteiger partial charge in [0, 0.05) is 12.8 Å². The van der Waals surface area contributed by atoms with Crippen LogP contribution < -0.4 is 10.1 Å². The number of benzene rings is 1. The van der Waals surface area contributed by atoms with E-state index in [2.05, 4.69) is 5.32 Å². The Balaban J connectivity index is 2.81. The summed E-state index contributed by atoms with van der Waals surface area (Å²) < 4.78 is 10.4. The van der Waals surface area contributed by atoms with Gasteiger partial charge in [-0.2, -0.15) is 0 Å². The summed E-state index contributed by atoms with van der Waals surface area (Å²) in [6.07, 6.45) is 0. The van der Waals surface area contributed by atoms with Gasteiger partial charge in [-0.15, -0.1) is 0 Å². The van der Waals surface area contributed by atoms with Gasteiger partial charge in [-0.1, -0.05) is 11.6 Å². The van der Waals surface area contributed by atoms with E-state index in [1.807, 2.05) is 6.92 Å². The summed E-state index contributed by atoms with van der Waals surface area (Å²) in [4.78, 5) is 11.9. The first-order valence-corrected chi connectivity index (χ1v) is 6.07. The Morgan fingerprint density at radius 3 is 2.61 bits per heavy atom. The molecule has 0 aliphatic heterocycles. The van der Waals surface area contributed by atoms with E-state index in [0.29, 0.717) is 23.1 Å². The quantitative estimate of drug-likeness (QED) is 0.895. The van der Waals surface area contributed by atoms with E-state index in [1.54, 1.807) is 32.0 Å². The van der Waals surface area contributed by atoms with Gasteiger partial charge in [0.05, 0.1) is 11.6 Å². The van der Waals surface area contributed by atoms with Crippen molar-refractivity contribution in [1.82, 2.24) is 0 Å². The molecule has 100 valence electrons. The van der Waals surface area contributed by atoms with Crippen molar-refractivity contribution in [1.29, 1.82) is 0 Å². The van der Waals surface area contributed by atoms with Crippen LogP contribution in [-0.4, -0.2) is 25.2 Å². The van der Waals surface area contributed by atoms with Gasteiger partial charge in [0.25, 0.3) is 5.91 Å². The van der Waals surface area contributed by atoms with Crippen LogP contribution in [0.4, 0.5) is 5.69 Å². The summed E-state index contributed by atoms with van der Waals surface area (Å²) in [6, 6.07) is 5.11. The number of ether oxygens (including phenoxy) is 2. The SMILES string of the molecule is CCOc1ccc(NC(=O)C(C)(C)OC)cc1Cl. The fraction of sp³-hybridized carbons (Fsp3) is 0.462. The summed E-state index contributed by atoms with van der Waals surface area (Å²) >= 11 is 6.03. The Bertz CT molecular complexity index is 432. The molecule has 0 heterocycles. The molecule has 1 rings (SSSR count). The Hall–Kier alpha value is -1.26. The zero-order valence-electron chi connectivity index (χ0n) is 11.0. The molecule has 0 fully saturated rings. The molecule has 0 spiro atoms. The molecule has 18 heavy (non-hydrogen) atoms. The summed E-state index contributed by atoms with van der Waals surface area (Å²) in [6.45, 7) is 5.81. The zero-order chi connectivity index (χ0) is 13.8. The standard InChI is InChI=1S/C13H18ClNO3/c1-5-18-11-7-6-9(8-10(11)14)15-12(16)13(2,3)17-4/h6-8H,5H2,1-4H3,(H,15,16). The minimum absolute atomic E-state index is 0.231. The fourth-order valence-corrected chi connectivity index (χ4v) is 1.46. The molecule has 1 amide bonds. The third kappa shape index (κ3) is 3.62. The van der Waals surface area contributed by atoms with Gasteiger partial charge in [0.2, 0.25) is 0 Å². The van der Waals surface area contributed by atoms with Crippen LogP contribution in [0.3, 0.4) is 0 Å². The lowest BCUT2D eigenvalue weighted by Crippen LogP contribution is -2.38. The van der Waals surface area contributed by atoms with Crippen LogP contribution in [-0.2, 0) is 9.53 Å². The van der Waals surface area contributed by atoms with Gasteiger partial charge in [-0.3, -0.25) is 4.79 Å². The molecular weight excluding hydrogens is 254 g/mol. The largest absolute Gasteiger partial charge is 0.492 e. The highest BCUT2D eigenvalue weighted by Crippen LogP contribution is 2.28. The van der Waals surface area contributed by atoms with E-state index in [4.69, 9.17) is 21.1 Å². The molecule has 1 N–H and O–H groups in total. The van der Waals surface area contributed by atoms with E-state index in [9.17, 15) is 4.79 Å². The molecule has 4 nitrogen and oxygen atoms in total. The van der Waals surface area contributed by atoms with Gasteiger partial charge in [-0.25, -0.2) is 0 Å². The maximum absolute atomic E-state index is 11.9. The number of hydrogen-bond donors (Lipinski definition) is 1. The van der Waals surface area contributed by atoms with Gasteiger partial charge >= 0.3 is 0 Å². The Labute approximate surface area is 112 Å². The molecule has 0 saturated heterocycles. The lowest BCUT2D eigenvalue weighted by atomic mass is 10.1. The van der Waals surface area contributed by atoms with E-state index in [1.165, 1.54) is 7.11 Å². The van der Waals surface area contributed by atoms with Crippen LogP contribution in [0.15, 0.2) is 18.2 Å². The van der Waals surface area contributed by atoms with Crippen molar-refractivity contribution in [2.75, 3.05) is 19.0 Å². The molecule has 0 unspecified atom stereocenters. The summed E-state index contributed by atoms with van der Waals surface area (Å²) in [5.74, 6) is 0.369. The highest BCUT2D eigenvalue weighted by atomic mass is 35.5. The molecule has 0 saturated carbocycles. The second-order valence-corrected chi connectivity index (χ2v) is 4.65. The van der Waals surface area contributed by atoms with Crippen LogP contribution in [0.5, 0.6) is 5.75 Å². The zero-order valence-corrected chi connectivity index (χ0v) is 11.8. The van der Waals surface area contributed by atoms with Gasteiger partial charge in [0.15, 0.2) is 0 Å². The number of methoxy groups -OCH3 is 1. The van der Waals surface area contributed by atoms with Crippen molar-refractivity contribution in [3.05, 3.63) is 23.2 Å². The monoisotopic (exact) mass is 271 g/mol. The number of carbonyl (C=O) groups is 1. The van der Waals surface area contributed by atoms with Crippen LogP contribution in [0.2, 0.25) is 5.02 Å². The van der Waals surface area contributed by atoms with Gasteiger partial charge < -0.3 is 14.8 Å². The summed E-state index contributed by atoms with van der Waals surface area (Å²) in [7, 11) is 1.49. The van der Waals surface area contributed by atoms with Gasteiger partial charge in [-0.05, 0) is 39.0 Å². The molecule has 5 heteroatoms. The van der Waals surface area contributed by atoms with E-state index in [0.717, 1.165) is 0 Å². The normalized spacial score (nSPS) is 11.2. The lowest BCUT2D eigenvalue weighted by molar-refractivity contribution is -0.133. The molecule has 0 radical (unpaired) electrons. The Morgan fingerprint density at radius 1 is 1.44 bits per heavy atom. The predicted octanol–water partition coefficient (Wildman–Crippen LogP) is 3.10. The van der Waals surface area contributed by atoms with Crippen molar-refractivity contribution in [2.24, 2.45) is 0 Å². The van der Waals surface area contributed by atoms with Crippen molar-refractivity contribution in [3.63, 3.8) is 0 Å². The Kier molecular flexibility index (Phi) is 4.99. The second kappa shape index (κ2) is 6.07. The van der Waals surface area contributed by atoms with Crippen LogP contribution in [0, 0.1) is 0 Å². The summed E-state index contributed by atoms with van der Waals surface area (Å²) in [5.41, 5.74) is -0.274. The summed E-state index contributed by atoms with van der Waals surface area (Å²) in [5, 5.41) is 3.20. The van der Waals surface area contributed by atoms with Crippen molar-refractivity contribution in [3.8, 4) is 5.75 Å². The van der Waals surface area contributed by atoms with E-state index in [-0.39, 0.29) is 5.91 Å². The van der Waals surface area contributed by atoms with Crippen LogP contribution >= 0.6 is 11.6 Å². The first-order valence-electron chi connectivity index (χ1n) is 5.69. The molecular formula is C13H18ClNO3. The number of nitrogens with one attached hydrogen (secondary N) is 1. The number of carbonyl (C=O) groups excluding carboxylic acids is 1. The van der Waals surface area contributed by atoms with Crippen molar-refractivity contribution < 1.29 is 14.3 Å². The molecule has 0 aliphatic rings. The maximum Gasteiger partial charge on any atom is 0.256 e. The number of amides is 1. The smallest absolute Gasteiger partial charge is 0.256 e. The molecule has 1 aromatic carbocycles. The third-order valence-electron chi connectivity index (χ3n) is 2.55. The molecule has 0 bridgehead atoms. The molecule has 0 aromatic heterocycles. The first kappa shape index (κ1) is 14.8. The number of rotatable bonds is 5. The maximum atomic E-state index is 11.9. The number of halogens is 1. The molecule has 1 aromatic rings. The molecule has 0 atom stereocenters. The third-order valence-corrected chi connectivity index (χ3v) is 2.84. The Morgan fingerprint density at radius 2 is 2.11 bits per heavy atom. The number of hydrogen-bond acceptors (Lipinski definition) is 3. The van der Waals surface area contributed by atoms with Gasteiger partial charge in [0.1, 0.15) is 11.4 Å². The second-order valence-electron chi connectivity index (χ2n) is 4.25. The number of anilines is 1. The lowest BCUT2D eigenvalue weighted by Gasteiger charge is -2.21. The van der Waals surface area contributed by atoms with Crippen molar-refractivity contribution >= 4 is 23.2 Å². The highest BCUT2D eigenvalue weighted by Gasteiger charge is 2.26. The first-order chi connectivity index (χ1) is 8.40. The predicted molar refractivity (Wildman–Crippen MR) is 72.3 cm³/mol. The van der Waals surface area contributed by atoms with E-state index < -0.39 is 5.60 Å². The van der Waals surface area contributed by atoms with E-state index >= 15 is 0 Å².